The zero-order chi connectivity index (χ0) is 23.6. The lowest BCUT2D eigenvalue weighted by Crippen LogP contribution is -2.33. The van der Waals surface area contributed by atoms with Gasteiger partial charge >= 0.3 is 0 Å². The second kappa shape index (κ2) is 9.08. The topological polar surface area (TPSA) is 61.4 Å². The fraction of sp³-hybridized carbons (Fsp3) is 0. The fourth-order valence-corrected chi connectivity index (χ4v) is 4.85. The molecule has 1 aliphatic heterocycles. The van der Waals surface area contributed by atoms with Crippen molar-refractivity contribution < 1.29 is 4.79 Å². The highest BCUT2D eigenvalue weighted by Gasteiger charge is 2.34. The van der Waals surface area contributed by atoms with Gasteiger partial charge in [-0.25, -0.2) is 14.9 Å². The van der Waals surface area contributed by atoms with Gasteiger partial charge < -0.3 is 4.98 Å². The van der Waals surface area contributed by atoms with Crippen LogP contribution < -0.4 is 4.90 Å². The lowest BCUT2D eigenvalue weighted by molar-refractivity contribution is -0.113. The van der Waals surface area contributed by atoms with Gasteiger partial charge in [-0.1, -0.05) is 90.6 Å². The number of imidazole rings is 1. The molecule has 1 aliphatic rings. The van der Waals surface area contributed by atoms with Crippen molar-refractivity contribution in [3.63, 3.8) is 0 Å². The van der Waals surface area contributed by atoms with Gasteiger partial charge in [0.1, 0.15) is 5.70 Å². The normalized spacial score (nSPS) is 14.6. The third kappa shape index (κ3) is 4.27. The average molecular weight is 473 g/mol. The molecule has 0 saturated carbocycles. The first-order chi connectivity index (χ1) is 17.2. The van der Waals surface area contributed by atoms with Crippen molar-refractivity contribution in [2.24, 2.45) is 4.99 Å². The van der Waals surface area contributed by atoms with Gasteiger partial charge in [0.2, 0.25) is 5.95 Å². The first kappa shape index (κ1) is 21.1. The maximum atomic E-state index is 13.6. The van der Waals surface area contributed by atoms with E-state index in [9.17, 15) is 4.79 Å². The SMILES string of the molecule is O=C1C(=Cc2ccccc2)N=C(c2ccccc2)N1c1nc2ccc(Sc3ccccc3)cc2[nH]1. The first-order valence-electron chi connectivity index (χ1n) is 11.2. The maximum absolute atomic E-state index is 13.6. The predicted octanol–water partition coefficient (Wildman–Crippen LogP) is 6.55. The lowest BCUT2D eigenvalue weighted by atomic mass is 10.2. The van der Waals surface area contributed by atoms with Crippen LogP contribution in [0.2, 0.25) is 0 Å². The Kier molecular flexibility index (Phi) is 5.48. The van der Waals surface area contributed by atoms with Crippen molar-refractivity contribution in [2.75, 3.05) is 4.90 Å². The molecule has 1 aromatic heterocycles. The van der Waals surface area contributed by atoms with Crippen molar-refractivity contribution in [1.82, 2.24) is 9.97 Å². The van der Waals surface area contributed by atoms with E-state index in [0.717, 1.165) is 32.0 Å². The summed E-state index contributed by atoms with van der Waals surface area (Å²) in [6.45, 7) is 0. The van der Waals surface area contributed by atoms with Crippen molar-refractivity contribution in [3.05, 3.63) is 126 Å². The van der Waals surface area contributed by atoms with Crippen molar-refractivity contribution in [3.8, 4) is 0 Å². The minimum Gasteiger partial charge on any atom is -0.323 e. The average Bonchev–Trinajstić information content (AvgIpc) is 3.46. The highest BCUT2D eigenvalue weighted by molar-refractivity contribution is 7.99. The summed E-state index contributed by atoms with van der Waals surface area (Å²) in [5.41, 5.74) is 3.79. The fourth-order valence-electron chi connectivity index (χ4n) is 3.97. The molecule has 0 saturated heterocycles. The summed E-state index contributed by atoms with van der Waals surface area (Å²) >= 11 is 1.68. The third-order valence-electron chi connectivity index (χ3n) is 5.63. The molecule has 0 radical (unpaired) electrons. The van der Waals surface area contributed by atoms with Crippen LogP contribution in [0.25, 0.3) is 17.1 Å². The van der Waals surface area contributed by atoms with E-state index in [0.29, 0.717) is 17.5 Å². The third-order valence-corrected chi connectivity index (χ3v) is 6.62. The number of amides is 1. The summed E-state index contributed by atoms with van der Waals surface area (Å²) in [4.78, 5) is 30.2. The van der Waals surface area contributed by atoms with Crippen LogP contribution >= 0.6 is 11.8 Å². The van der Waals surface area contributed by atoms with E-state index in [1.165, 1.54) is 0 Å². The van der Waals surface area contributed by atoms with Crippen LogP contribution in [0, 0.1) is 0 Å². The molecule has 1 N–H and O–H groups in total. The van der Waals surface area contributed by atoms with E-state index < -0.39 is 0 Å². The molecule has 35 heavy (non-hydrogen) atoms. The summed E-state index contributed by atoms with van der Waals surface area (Å²) in [5.74, 6) is 0.785. The predicted molar refractivity (Wildman–Crippen MR) is 142 cm³/mol. The lowest BCUT2D eigenvalue weighted by Gasteiger charge is -2.15. The van der Waals surface area contributed by atoms with E-state index >= 15 is 0 Å². The number of fused-ring (bicyclic) bond motifs is 1. The van der Waals surface area contributed by atoms with Gasteiger partial charge in [0.25, 0.3) is 5.91 Å². The molecule has 168 valence electrons. The van der Waals surface area contributed by atoms with Crippen molar-refractivity contribution in [1.29, 1.82) is 0 Å². The first-order valence-corrected chi connectivity index (χ1v) is 12.0. The second-order valence-electron chi connectivity index (χ2n) is 8.04. The molecule has 2 heterocycles. The Labute approximate surface area is 206 Å². The number of nitrogens with one attached hydrogen (secondary N) is 1. The van der Waals surface area contributed by atoms with E-state index in [-0.39, 0.29) is 5.91 Å². The van der Waals surface area contributed by atoms with Crippen LogP contribution in [0.1, 0.15) is 11.1 Å². The molecule has 6 rings (SSSR count). The van der Waals surface area contributed by atoms with E-state index in [4.69, 9.17) is 9.98 Å². The van der Waals surface area contributed by atoms with Gasteiger partial charge in [-0.2, -0.15) is 0 Å². The van der Waals surface area contributed by atoms with Crippen molar-refractivity contribution in [2.45, 2.75) is 9.79 Å². The molecule has 1 amide bonds. The molecule has 0 aliphatic carbocycles. The van der Waals surface area contributed by atoms with Gasteiger partial charge in [-0.05, 0) is 42.0 Å². The number of hydrogen-bond donors (Lipinski definition) is 1. The molecule has 6 heteroatoms. The monoisotopic (exact) mass is 472 g/mol. The van der Waals surface area contributed by atoms with Gasteiger partial charge in [0, 0.05) is 15.4 Å². The van der Waals surface area contributed by atoms with Gasteiger partial charge in [-0.3, -0.25) is 4.79 Å². The number of hydrogen-bond acceptors (Lipinski definition) is 4. The van der Waals surface area contributed by atoms with E-state index in [1.807, 2.05) is 97.1 Å². The summed E-state index contributed by atoms with van der Waals surface area (Å²) in [5, 5.41) is 0. The highest BCUT2D eigenvalue weighted by Crippen LogP contribution is 2.32. The number of nitrogens with zero attached hydrogens (tertiary/aromatic N) is 3. The Balaban J connectivity index is 1.39. The van der Waals surface area contributed by atoms with Crippen LogP contribution in [0.3, 0.4) is 0 Å². The van der Waals surface area contributed by atoms with Crippen LogP contribution in [0.4, 0.5) is 5.95 Å². The Bertz CT molecular complexity index is 1570. The summed E-state index contributed by atoms with van der Waals surface area (Å²) < 4.78 is 0. The van der Waals surface area contributed by atoms with Gasteiger partial charge in [-0.15, -0.1) is 0 Å². The van der Waals surface area contributed by atoms with E-state index in [1.54, 1.807) is 16.7 Å². The molecule has 0 fully saturated rings. The minimum absolute atomic E-state index is 0.217. The van der Waals surface area contributed by atoms with Gasteiger partial charge in [0.15, 0.2) is 5.84 Å². The van der Waals surface area contributed by atoms with Crippen LogP contribution in [-0.2, 0) is 4.79 Å². The molecule has 4 aromatic carbocycles. The van der Waals surface area contributed by atoms with Crippen LogP contribution in [-0.4, -0.2) is 21.7 Å². The van der Waals surface area contributed by atoms with Crippen LogP contribution in [0.5, 0.6) is 0 Å². The summed E-state index contributed by atoms with van der Waals surface area (Å²) in [6, 6.07) is 35.7. The Hall–Kier alpha value is -4.42. The Morgan fingerprint density at radius 1 is 0.771 bits per heavy atom. The highest BCUT2D eigenvalue weighted by atomic mass is 32.2. The van der Waals surface area contributed by atoms with Gasteiger partial charge in [0.05, 0.1) is 11.0 Å². The number of carbonyl (C=O) groups excluding carboxylic acids is 1. The smallest absolute Gasteiger partial charge is 0.285 e. The van der Waals surface area contributed by atoms with E-state index in [2.05, 4.69) is 23.2 Å². The quantitative estimate of drug-likeness (QED) is 0.295. The zero-order valence-corrected chi connectivity index (χ0v) is 19.4. The number of carbonyl (C=O) groups is 1. The van der Waals surface area contributed by atoms with Crippen LogP contribution in [0.15, 0.2) is 130 Å². The number of aliphatic imine (C=N–C) groups is 1. The van der Waals surface area contributed by atoms with Crippen molar-refractivity contribution >= 4 is 46.6 Å². The molecule has 0 unspecified atom stereocenters. The number of benzene rings is 4. The number of aromatic nitrogens is 2. The molecular weight excluding hydrogens is 452 g/mol. The largest absolute Gasteiger partial charge is 0.323 e. The second-order valence-corrected chi connectivity index (χ2v) is 9.18. The number of amidine groups is 1. The molecule has 0 atom stereocenters. The number of rotatable bonds is 5. The Morgan fingerprint density at radius 2 is 1.46 bits per heavy atom. The minimum atomic E-state index is -0.217. The zero-order valence-electron chi connectivity index (χ0n) is 18.6. The standard InChI is InChI=1S/C29H20N4OS/c34-28-26(18-20-10-4-1-5-11-20)30-27(21-12-6-2-7-13-21)33(28)29-31-24-17-16-23(19-25(24)32-29)35-22-14-8-3-9-15-22/h1-19H,(H,31,32). The molecular formula is C29H20N4OS. The number of anilines is 1. The maximum Gasteiger partial charge on any atom is 0.285 e. The molecule has 0 bridgehead atoms. The molecule has 5 nitrogen and oxygen atoms in total. The summed E-state index contributed by atoms with van der Waals surface area (Å²) in [7, 11) is 0. The number of H-pyrrole nitrogens is 1. The molecule has 0 spiro atoms. The Morgan fingerprint density at radius 3 is 2.20 bits per heavy atom. The summed E-state index contributed by atoms with van der Waals surface area (Å²) in [6.07, 6.45) is 1.81. The molecule has 5 aromatic rings. The number of aromatic amines is 1.